The molecular weight excluding hydrogens is 294 g/mol. The normalized spacial score (nSPS) is 26.4. The molecule has 2 fully saturated rings. The third kappa shape index (κ3) is 4.29. The van der Waals surface area contributed by atoms with E-state index in [1.165, 1.54) is 32.4 Å². The quantitative estimate of drug-likeness (QED) is 0.828. The van der Waals surface area contributed by atoms with Crippen LogP contribution in [0, 0.1) is 0 Å². The third-order valence-corrected chi connectivity index (χ3v) is 4.56. The Hall–Kier alpha value is -1.47. The largest absolute Gasteiger partial charge is 0.372 e. The van der Waals surface area contributed by atoms with Gasteiger partial charge in [0.25, 0.3) is 5.91 Å². The van der Waals surface area contributed by atoms with Crippen molar-refractivity contribution in [1.29, 1.82) is 0 Å². The van der Waals surface area contributed by atoms with Crippen molar-refractivity contribution >= 4 is 5.91 Å². The SMILES string of the molecule is C[C@@H]1CN(C(=O)c2cn(CCN3CCCCC3)nn2)C[C@H](C)O1. The van der Waals surface area contributed by atoms with Crippen molar-refractivity contribution in [3.8, 4) is 0 Å². The van der Waals surface area contributed by atoms with Crippen LogP contribution in [0.4, 0.5) is 0 Å². The lowest BCUT2D eigenvalue weighted by atomic mass is 10.1. The summed E-state index contributed by atoms with van der Waals surface area (Å²) in [7, 11) is 0. The number of nitrogens with zero attached hydrogens (tertiary/aromatic N) is 5. The Bertz CT molecular complexity index is 516. The van der Waals surface area contributed by atoms with E-state index in [4.69, 9.17) is 4.74 Å². The van der Waals surface area contributed by atoms with Gasteiger partial charge >= 0.3 is 0 Å². The minimum Gasteiger partial charge on any atom is -0.372 e. The lowest BCUT2D eigenvalue weighted by molar-refractivity contribution is -0.0587. The average molecular weight is 321 g/mol. The van der Waals surface area contributed by atoms with E-state index >= 15 is 0 Å². The highest BCUT2D eigenvalue weighted by atomic mass is 16.5. The number of amides is 1. The molecule has 2 atom stereocenters. The number of hydrogen-bond donors (Lipinski definition) is 0. The molecule has 2 aliphatic rings. The van der Waals surface area contributed by atoms with Gasteiger partial charge in [-0.15, -0.1) is 5.10 Å². The Balaban J connectivity index is 1.54. The number of aromatic nitrogens is 3. The zero-order chi connectivity index (χ0) is 16.2. The fraction of sp³-hybridized carbons (Fsp3) is 0.812. The second-order valence-corrected chi connectivity index (χ2v) is 6.74. The molecule has 23 heavy (non-hydrogen) atoms. The van der Waals surface area contributed by atoms with Gasteiger partial charge in [-0.05, 0) is 39.8 Å². The lowest BCUT2D eigenvalue weighted by Crippen LogP contribution is -2.48. The molecule has 0 unspecified atom stereocenters. The van der Waals surface area contributed by atoms with E-state index in [2.05, 4.69) is 15.2 Å². The van der Waals surface area contributed by atoms with Crippen molar-refractivity contribution in [3.63, 3.8) is 0 Å². The van der Waals surface area contributed by atoms with E-state index in [1.54, 1.807) is 10.9 Å². The molecule has 128 valence electrons. The number of piperidine rings is 1. The molecule has 0 aliphatic carbocycles. The van der Waals surface area contributed by atoms with E-state index < -0.39 is 0 Å². The number of ether oxygens (including phenoxy) is 1. The predicted octanol–water partition coefficient (Wildman–Crippen LogP) is 1.01. The molecule has 7 nitrogen and oxygen atoms in total. The number of likely N-dealkylation sites (tertiary alicyclic amines) is 1. The van der Waals surface area contributed by atoms with Gasteiger partial charge in [0, 0.05) is 19.6 Å². The van der Waals surface area contributed by atoms with E-state index in [0.29, 0.717) is 18.8 Å². The summed E-state index contributed by atoms with van der Waals surface area (Å²) in [5.41, 5.74) is 0.435. The summed E-state index contributed by atoms with van der Waals surface area (Å²) in [5, 5.41) is 8.18. The summed E-state index contributed by atoms with van der Waals surface area (Å²) in [6.07, 6.45) is 5.82. The lowest BCUT2D eigenvalue weighted by Gasteiger charge is -2.34. The minimum atomic E-state index is -0.0452. The monoisotopic (exact) mass is 321 g/mol. The summed E-state index contributed by atoms with van der Waals surface area (Å²) < 4.78 is 7.46. The minimum absolute atomic E-state index is 0.0452. The zero-order valence-corrected chi connectivity index (χ0v) is 14.1. The molecule has 1 amide bonds. The van der Waals surface area contributed by atoms with Crippen LogP contribution in [0.2, 0.25) is 0 Å². The molecule has 3 rings (SSSR count). The maximum absolute atomic E-state index is 12.6. The van der Waals surface area contributed by atoms with E-state index in [1.807, 2.05) is 18.7 Å². The van der Waals surface area contributed by atoms with Gasteiger partial charge in [-0.1, -0.05) is 11.6 Å². The van der Waals surface area contributed by atoms with Crippen molar-refractivity contribution in [3.05, 3.63) is 11.9 Å². The summed E-state index contributed by atoms with van der Waals surface area (Å²) in [4.78, 5) is 16.8. The van der Waals surface area contributed by atoms with Crippen LogP contribution in [0.15, 0.2) is 6.20 Å². The smallest absolute Gasteiger partial charge is 0.276 e. The highest BCUT2D eigenvalue weighted by molar-refractivity contribution is 5.92. The van der Waals surface area contributed by atoms with Crippen LogP contribution in [-0.4, -0.2) is 75.6 Å². The van der Waals surface area contributed by atoms with E-state index in [-0.39, 0.29) is 18.1 Å². The topological polar surface area (TPSA) is 63.5 Å². The Morgan fingerprint density at radius 3 is 2.57 bits per heavy atom. The summed E-state index contributed by atoms with van der Waals surface area (Å²) in [5.74, 6) is -0.0452. The van der Waals surface area contributed by atoms with Crippen LogP contribution in [0.25, 0.3) is 0 Å². The zero-order valence-electron chi connectivity index (χ0n) is 14.1. The predicted molar refractivity (Wildman–Crippen MR) is 86.2 cm³/mol. The van der Waals surface area contributed by atoms with Gasteiger partial charge in [-0.25, -0.2) is 0 Å². The van der Waals surface area contributed by atoms with Gasteiger partial charge in [0.15, 0.2) is 5.69 Å². The van der Waals surface area contributed by atoms with E-state index in [9.17, 15) is 4.79 Å². The highest BCUT2D eigenvalue weighted by Crippen LogP contribution is 2.13. The molecule has 0 radical (unpaired) electrons. The van der Waals surface area contributed by atoms with Crippen LogP contribution in [0.5, 0.6) is 0 Å². The first kappa shape index (κ1) is 16.4. The first-order valence-corrected chi connectivity index (χ1v) is 8.69. The summed E-state index contributed by atoms with van der Waals surface area (Å²) in [6, 6.07) is 0. The highest BCUT2D eigenvalue weighted by Gasteiger charge is 2.28. The molecule has 1 aromatic rings. The third-order valence-electron chi connectivity index (χ3n) is 4.56. The molecule has 0 bridgehead atoms. The van der Waals surface area contributed by atoms with Gasteiger partial charge in [-0.2, -0.15) is 0 Å². The first-order valence-electron chi connectivity index (χ1n) is 8.69. The molecule has 1 aromatic heterocycles. The average Bonchev–Trinajstić information content (AvgIpc) is 3.01. The van der Waals surface area contributed by atoms with Crippen molar-refractivity contribution in [2.24, 2.45) is 0 Å². The maximum Gasteiger partial charge on any atom is 0.276 e. The van der Waals surface area contributed by atoms with E-state index in [0.717, 1.165) is 13.1 Å². The number of carbonyl (C=O) groups excluding carboxylic acids is 1. The number of rotatable bonds is 4. The fourth-order valence-corrected chi connectivity index (χ4v) is 3.44. The molecule has 0 N–H and O–H groups in total. The van der Waals surface area contributed by atoms with Gasteiger partial charge in [0.05, 0.1) is 24.9 Å². The second-order valence-electron chi connectivity index (χ2n) is 6.74. The number of morpholine rings is 1. The molecule has 0 aromatic carbocycles. The first-order chi connectivity index (χ1) is 11.1. The fourth-order valence-electron chi connectivity index (χ4n) is 3.44. The van der Waals surface area contributed by atoms with Gasteiger partial charge < -0.3 is 14.5 Å². The summed E-state index contributed by atoms with van der Waals surface area (Å²) >= 11 is 0. The van der Waals surface area contributed by atoms with Crippen LogP contribution >= 0.6 is 0 Å². The number of carbonyl (C=O) groups is 1. The van der Waals surface area contributed by atoms with Crippen molar-refractivity contribution in [2.45, 2.75) is 51.9 Å². The second kappa shape index (κ2) is 7.40. The van der Waals surface area contributed by atoms with Crippen LogP contribution in [0.3, 0.4) is 0 Å². The Morgan fingerprint density at radius 1 is 1.17 bits per heavy atom. The van der Waals surface area contributed by atoms with Gasteiger partial charge in [0.2, 0.25) is 0 Å². The summed E-state index contributed by atoms with van der Waals surface area (Å²) in [6.45, 7) is 9.32. The maximum atomic E-state index is 12.6. The molecular formula is C16H27N5O2. The Labute approximate surface area is 137 Å². The van der Waals surface area contributed by atoms with Crippen LogP contribution in [-0.2, 0) is 11.3 Å². The standard InChI is InChI=1S/C16H27N5O2/c1-13-10-20(11-14(2)23-13)16(22)15-12-21(18-17-15)9-8-19-6-4-3-5-7-19/h12-14H,3-11H2,1-2H3/t13-,14+. The van der Waals surface area contributed by atoms with Crippen LogP contribution < -0.4 is 0 Å². The Morgan fingerprint density at radius 2 is 1.87 bits per heavy atom. The number of hydrogen-bond acceptors (Lipinski definition) is 5. The van der Waals surface area contributed by atoms with Gasteiger partial charge in [-0.3, -0.25) is 9.48 Å². The van der Waals surface area contributed by atoms with Crippen molar-refractivity contribution < 1.29 is 9.53 Å². The van der Waals surface area contributed by atoms with Crippen LogP contribution in [0.1, 0.15) is 43.6 Å². The molecule has 0 saturated carbocycles. The van der Waals surface area contributed by atoms with Gasteiger partial charge in [0.1, 0.15) is 0 Å². The van der Waals surface area contributed by atoms with Crippen molar-refractivity contribution in [2.75, 3.05) is 32.7 Å². The molecule has 2 saturated heterocycles. The molecule has 7 heteroatoms. The Kier molecular flexibility index (Phi) is 5.27. The molecule has 0 spiro atoms. The molecule has 2 aliphatic heterocycles. The molecule has 3 heterocycles. The van der Waals surface area contributed by atoms with Crippen molar-refractivity contribution in [1.82, 2.24) is 24.8 Å².